The summed E-state index contributed by atoms with van der Waals surface area (Å²) in [4.78, 5) is 20.2. The van der Waals surface area contributed by atoms with Crippen LogP contribution in [0.5, 0.6) is 0 Å². The molecule has 0 saturated carbocycles. The minimum Gasteiger partial charge on any atom is -0.477 e. The Kier molecular flexibility index (Phi) is 2.65. The van der Waals surface area contributed by atoms with Crippen LogP contribution in [0, 0.1) is 15.5 Å². The predicted octanol–water partition coefficient (Wildman–Crippen LogP) is 0.629. The van der Waals surface area contributed by atoms with Gasteiger partial charge in [0.25, 0.3) is 5.69 Å². The van der Waals surface area contributed by atoms with E-state index in [-0.39, 0.29) is 16.9 Å². The van der Waals surface area contributed by atoms with Crippen molar-refractivity contribution in [1.82, 2.24) is 0 Å². The lowest BCUT2D eigenvalue weighted by molar-refractivity contribution is -0.384. The summed E-state index contributed by atoms with van der Waals surface area (Å²) in [5.41, 5.74) is 4.20. The number of hydrogen-bond donors (Lipinski definition) is 3. The second kappa shape index (κ2) is 3.74. The summed E-state index contributed by atoms with van der Waals surface area (Å²) in [6.07, 6.45) is 0. The third-order valence-corrected chi connectivity index (χ3v) is 1.73. The first-order chi connectivity index (χ1) is 6.93. The van der Waals surface area contributed by atoms with Gasteiger partial charge in [-0.1, -0.05) is 0 Å². The molecule has 0 saturated heterocycles. The third kappa shape index (κ3) is 2.08. The lowest BCUT2D eigenvalue weighted by Gasteiger charge is -2.02. The van der Waals surface area contributed by atoms with Crippen LogP contribution >= 0.6 is 0 Å². The van der Waals surface area contributed by atoms with E-state index in [2.05, 4.69) is 0 Å². The second-order valence-corrected chi connectivity index (χ2v) is 2.71. The average Bonchev–Trinajstić information content (AvgIpc) is 2.16. The van der Waals surface area contributed by atoms with Crippen molar-refractivity contribution in [2.45, 2.75) is 0 Å². The minimum absolute atomic E-state index is 0.0213. The Morgan fingerprint density at radius 1 is 1.53 bits per heavy atom. The van der Waals surface area contributed by atoms with Crippen molar-refractivity contribution in [2.75, 3.05) is 5.73 Å². The van der Waals surface area contributed by atoms with Gasteiger partial charge in [-0.05, 0) is 6.07 Å². The topological polar surface area (TPSA) is 130 Å². The van der Waals surface area contributed by atoms with E-state index >= 15 is 0 Å². The van der Waals surface area contributed by atoms with E-state index in [1.165, 1.54) is 6.07 Å². The van der Waals surface area contributed by atoms with Crippen LogP contribution in [0.3, 0.4) is 0 Å². The molecule has 0 fully saturated rings. The molecule has 0 heterocycles. The number of carboxylic acid groups (broad SMARTS) is 1. The van der Waals surface area contributed by atoms with Crippen LogP contribution in [-0.2, 0) is 4.79 Å². The molecule has 0 aliphatic carbocycles. The first-order valence-electron chi connectivity index (χ1n) is 3.79. The number of anilines is 1. The van der Waals surface area contributed by atoms with Crippen LogP contribution in [0.15, 0.2) is 18.2 Å². The highest BCUT2D eigenvalue weighted by molar-refractivity contribution is 6.42. The number of nitro groups is 1. The Morgan fingerprint density at radius 2 is 2.13 bits per heavy atom. The van der Waals surface area contributed by atoms with Gasteiger partial charge in [-0.3, -0.25) is 15.5 Å². The van der Waals surface area contributed by atoms with Crippen molar-refractivity contribution in [3.8, 4) is 0 Å². The monoisotopic (exact) mass is 209 g/mol. The van der Waals surface area contributed by atoms with Gasteiger partial charge < -0.3 is 10.8 Å². The number of nitrogens with two attached hydrogens (primary N) is 1. The van der Waals surface area contributed by atoms with Gasteiger partial charge in [-0.15, -0.1) is 0 Å². The van der Waals surface area contributed by atoms with Crippen molar-refractivity contribution < 1.29 is 14.8 Å². The number of non-ortho nitro benzene ring substituents is 1. The fraction of sp³-hybridized carbons (Fsp3) is 0. The molecule has 1 aromatic carbocycles. The zero-order chi connectivity index (χ0) is 11.6. The standard InChI is InChI=1S/C8H7N3O4/c9-6-2-1-4(11(14)15)3-5(6)7(10)8(12)13/h1-3,10H,9H2,(H,12,13). The number of rotatable bonds is 3. The van der Waals surface area contributed by atoms with Crippen LogP contribution in [0.1, 0.15) is 5.56 Å². The number of benzene rings is 1. The highest BCUT2D eigenvalue weighted by atomic mass is 16.6. The molecule has 0 bridgehead atoms. The van der Waals surface area contributed by atoms with Gasteiger partial charge in [0.2, 0.25) is 0 Å². The molecule has 15 heavy (non-hydrogen) atoms. The van der Waals surface area contributed by atoms with Crippen LogP contribution in [0.4, 0.5) is 11.4 Å². The van der Waals surface area contributed by atoms with E-state index < -0.39 is 16.6 Å². The Bertz CT molecular complexity index is 455. The fourth-order valence-corrected chi connectivity index (χ4v) is 0.990. The van der Waals surface area contributed by atoms with Crippen LogP contribution in [0.25, 0.3) is 0 Å². The van der Waals surface area contributed by atoms with Gasteiger partial charge in [0, 0.05) is 23.4 Å². The molecule has 1 aromatic rings. The second-order valence-electron chi connectivity index (χ2n) is 2.71. The van der Waals surface area contributed by atoms with E-state index in [0.717, 1.165) is 12.1 Å². The predicted molar refractivity (Wildman–Crippen MR) is 52.0 cm³/mol. The molecule has 0 spiro atoms. The maximum absolute atomic E-state index is 10.5. The highest BCUT2D eigenvalue weighted by Gasteiger charge is 2.17. The zero-order valence-electron chi connectivity index (χ0n) is 7.43. The number of nitro benzene ring substituents is 1. The van der Waals surface area contributed by atoms with Crippen LogP contribution in [-0.4, -0.2) is 21.7 Å². The molecule has 0 unspecified atom stereocenters. The molecule has 0 amide bonds. The van der Waals surface area contributed by atoms with Crippen molar-refractivity contribution in [3.05, 3.63) is 33.9 Å². The Labute approximate surface area is 83.8 Å². The first-order valence-corrected chi connectivity index (χ1v) is 3.79. The SMILES string of the molecule is N=C(C(=O)O)c1cc([N+](=O)[O-])ccc1N. The maximum Gasteiger partial charge on any atom is 0.354 e. The van der Waals surface area contributed by atoms with Gasteiger partial charge in [0.15, 0.2) is 0 Å². The Morgan fingerprint density at radius 3 is 2.60 bits per heavy atom. The third-order valence-electron chi connectivity index (χ3n) is 1.73. The lowest BCUT2D eigenvalue weighted by Crippen LogP contribution is -2.15. The molecule has 0 aliphatic heterocycles. The molecule has 7 nitrogen and oxygen atoms in total. The fourth-order valence-electron chi connectivity index (χ4n) is 0.990. The molecular formula is C8H7N3O4. The Hall–Kier alpha value is -2.44. The lowest BCUT2D eigenvalue weighted by atomic mass is 10.1. The summed E-state index contributed by atoms with van der Waals surface area (Å²) in [5.74, 6) is -1.48. The van der Waals surface area contributed by atoms with Crippen molar-refractivity contribution in [1.29, 1.82) is 5.41 Å². The van der Waals surface area contributed by atoms with Gasteiger partial charge in [0.1, 0.15) is 5.71 Å². The maximum atomic E-state index is 10.5. The van der Waals surface area contributed by atoms with Gasteiger partial charge in [-0.2, -0.15) is 0 Å². The van der Waals surface area contributed by atoms with E-state index in [4.69, 9.17) is 16.2 Å². The summed E-state index contributed by atoms with van der Waals surface area (Å²) in [7, 11) is 0. The number of carboxylic acids is 1. The molecule has 4 N–H and O–H groups in total. The smallest absolute Gasteiger partial charge is 0.354 e. The van der Waals surface area contributed by atoms with E-state index in [0.29, 0.717) is 0 Å². The highest BCUT2D eigenvalue weighted by Crippen LogP contribution is 2.19. The van der Waals surface area contributed by atoms with Gasteiger partial charge in [0.05, 0.1) is 4.92 Å². The molecule has 78 valence electrons. The summed E-state index contributed by atoms with van der Waals surface area (Å²) in [6, 6.07) is 3.31. The summed E-state index contributed by atoms with van der Waals surface area (Å²) in [5, 5.41) is 26.1. The molecule has 0 aliphatic rings. The van der Waals surface area contributed by atoms with Gasteiger partial charge in [-0.25, -0.2) is 4.79 Å². The molecule has 7 heteroatoms. The molecule has 0 atom stereocenters. The van der Waals surface area contributed by atoms with Crippen LogP contribution < -0.4 is 5.73 Å². The Balaban J connectivity index is 3.28. The summed E-state index contributed by atoms with van der Waals surface area (Å²) < 4.78 is 0. The van der Waals surface area contributed by atoms with Crippen molar-refractivity contribution >= 4 is 23.1 Å². The molecule has 1 rings (SSSR count). The average molecular weight is 209 g/mol. The number of nitrogens with one attached hydrogen (secondary N) is 1. The number of nitrogens with zero attached hydrogens (tertiary/aromatic N) is 1. The molecular weight excluding hydrogens is 202 g/mol. The molecule has 0 radical (unpaired) electrons. The minimum atomic E-state index is -1.48. The number of aliphatic carboxylic acids is 1. The normalized spacial score (nSPS) is 9.60. The van der Waals surface area contributed by atoms with E-state index in [9.17, 15) is 14.9 Å². The number of nitrogen functional groups attached to an aromatic ring is 1. The molecule has 0 aromatic heterocycles. The van der Waals surface area contributed by atoms with Crippen molar-refractivity contribution in [3.63, 3.8) is 0 Å². The van der Waals surface area contributed by atoms with Crippen molar-refractivity contribution in [2.24, 2.45) is 0 Å². The number of hydrogen-bond acceptors (Lipinski definition) is 5. The van der Waals surface area contributed by atoms with E-state index in [1.54, 1.807) is 0 Å². The summed E-state index contributed by atoms with van der Waals surface area (Å²) >= 11 is 0. The largest absolute Gasteiger partial charge is 0.477 e. The van der Waals surface area contributed by atoms with Gasteiger partial charge >= 0.3 is 5.97 Å². The number of carbonyl (C=O) groups is 1. The zero-order valence-corrected chi connectivity index (χ0v) is 7.43. The van der Waals surface area contributed by atoms with E-state index in [1.807, 2.05) is 0 Å². The first kappa shape index (κ1) is 10.6. The quantitative estimate of drug-likeness (QED) is 0.291. The summed E-state index contributed by atoms with van der Waals surface area (Å²) in [6.45, 7) is 0. The van der Waals surface area contributed by atoms with Crippen LogP contribution in [0.2, 0.25) is 0 Å².